The van der Waals surface area contributed by atoms with Gasteiger partial charge in [0.25, 0.3) is 0 Å². The molecule has 104 valence electrons. The van der Waals surface area contributed by atoms with Crippen molar-refractivity contribution >= 4 is 11.9 Å². The lowest BCUT2D eigenvalue weighted by molar-refractivity contribution is -0.128. The minimum Gasteiger partial charge on any atom is -0.444 e. The van der Waals surface area contributed by atoms with Crippen molar-refractivity contribution in [2.75, 3.05) is 13.7 Å². The van der Waals surface area contributed by atoms with Crippen LogP contribution in [0, 0.1) is 5.92 Å². The van der Waals surface area contributed by atoms with Crippen molar-refractivity contribution in [3.63, 3.8) is 0 Å². The first-order chi connectivity index (χ1) is 8.33. The normalized spacial score (nSPS) is 17.8. The molecule has 0 spiro atoms. The summed E-state index contributed by atoms with van der Waals surface area (Å²) in [6.07, 6.45) is 2.34. The van der Waals surface area contributed by atoms with Crippen molar-refractivity contribution in [2.24, 2.45) is 5.92 Å². The molecule has 0 aromatic heterocycles. The third-order valence-electron chi connectivity index (χ3n) is 2.88. The summed E-state index contributed by atoms with van der Waals surface area (Å²) in [4.78, 5) is 23.7. The summed E-state index contributed by atoms with van der Waals surface area (Å²) in [5.41, 5.74) is -0.568. The molecule has 1 aliphatic carbocycles. The highest BCUT2D eigenvalue weighted by atomic mass is 16.6. The molecule has 1 unspecified atom stereocenters. The number of carbonyl (C=O) groups is 2. The van der Waals surface area contributed by atoms with Gasteiger partial charge in [-0.3, -0.25) is 4.79 Å². The molecule has 1 rings (SSSR count). The smallest absolute Gasteiger partial charge is 0.408 e. The summed E-state index contributed by atoms with van der Waals surface area (Å²) in [6.45, 7) is 5.54. The first-order valence-corrected chi connectivity index (χ1v) is 6.35. The highest BCUT2D eigenvalue weighted by molar-refractivity contribution is 5.89. The third-order valence-corrected chi connectivity index (χ3v) is 2.88. The Kier molecular flexibility index (Phi) is 5.14. The van der Waals surface area contributed by atoms with Crippen molar-refractivity contribution in [2.45, 2.75) is 51.7 Å². The number of hydrogen-bond acceptors (Lipinski definition) is 4. The molecule has 0 bridgehead atoms. The monoisotopic (exact) mass is 257 g/mol. The van der Waals surface area contributed by atoms with Crippen LogP contribution in [0.25, 0.3) is 0 Å². The van der Waals surface area contributed by atoms with Gasteiger partial charge in [-0.05, 0) is 33.6 Å². The summed E-state index contributed by atoms with van der Waals surface area (Å²) in [5, 5.41) is 2.59. The van der Waals surface area contributed by atoms with E-state index in [2.05, 4.69) is 5.32 Å². The fourth-order valence-corrected chi connectivity index (χ4v) is 1.79. The van der Waals surface area contributed by atoms with E-state index in [1.807, 2.05) is 0 Å². The number of Topliss-reactive ketones (excluding diaryl/α,β-unsaturated/α-hetero) is 1. The average molecular weight is 257 g/mol. The first kappa shape index (κ1) is 15.0. The zero-order valence-electron chi connectivity index (χ0n) is 11.6. The van der Waals surface area contributed by atoms with E-state index in [1.165, 1.54) is 7.11 Å². The number of hydrogen-bond donors (Lipinski definition) is 1. The molecule has 0 aromatic carbocycles. The molecule has 0 aliphatic heterocycles. The van der Waals surface area contributed by atoms with Crippen LogP contribution in [0.1, 0.15) is 40.0 Å². The van der Waals surface area contributed by atoms with Crippen LogP contribution in [-0.4, -0.2) is 37.2 Å². The van der Waals surface area contributed by atoms with E-state index in [4.69, 9.17) is 9.47 Å². The van der Waals surface area contributed by atoms with Gasteiger partial charge in [-0.1, -0.05) is 6.42 Å². The lowest BCUT2D eigenvalue weighted by Gasteiger charge is -2.29. The minimum atomic E-state index is -0.602. The fourth-order valence-electron chi connectivity index (χ4n) is 1.79. The highest BCUT2D eigenvalue weighted by Gasteiger charge is 2.32. The van der Waals surface area contributed by atoms with Crippen LogP contribution in [0.2, 0.25) is 0 Å². The van der Waals surface area contributed by atoms with Crippen molar-refractivity contribution in [3.05, 3.63) is 0 Å². The fraction of sp³-hybridized carbons (Fsp3) is 0.846. The Morgan fingerprint density at radius 3 is 2.33 bits per heavy atom. The van der Waals surface area contributed by atoms with E-state index in [1.54, 1.807) is 20.8 Å². The van der Waals surface area contributed by atoms with Crippen LogP contribution in [0.15, 0.2) is 0 Å². The maximum atomic E-state index is 12.1. The standard InChI is InChI=1S/C13H23NO4/c1-13(2,3)18-12(16)14-10(8-17-4)11(15)9-6-5-7-9/h9-10H,5-8H2,1-4H3,(H,14,16). The van der Waals surface area contributed by atoms with Gasteiger partial charge in [0.15, 0.2) is 5.78 Å². The molecule has 0 heterocycles. The average Bonchev–Trinajstić information content (AvgIpc) is 2.11. The number of rotatable bonds is 5. The molecule has 1 amide bonds. The Labute approximate surface area is 108 Å². The quantitative estimate of drug-likeness (QED) is 0.817. The van der Waals surface area contributed by atoms with Crippen LogP contribution < -0.4 is 5.32 Å². The number of amides is 1. The van der Waals surface area contributed by atoms with E-state index >= 15 is 0 Å². The third kappa shape index (κ3) is 4.64. The van der Waals surface area contributed by atoms with E-state index < -0.39 is 17.7 Å². The molecule has 1 aliphatic rings. The van der Waals surface area contributed by atoms with Gasteiger partial charge in [-0.2, -0.15) is 0 Å². The van der Waals surface area contributed by atoms with E-state index in [9.17, 15) is 9.59 Å². The molecule has 1 saturated carbocycles. The van der Waals surface area contributed by atoms with Crippen molar-refractivity contribution in [3.8, 4) is 0 Å². The van der Waals surface area contributed by atoms with E-state index in [0.29, 0.717) is 0 Å². The van der Waals surface area contributed by atoms with Crippen molar-refractivity contribution in [1.29, 1.82) is 0 Å². The SMILES string of the molecule is COCC(NC(=O)OC(C)(C)C)C(=O)C1CCC1. The molecular weight excluding hydrogens is 234 g/mol. The molecule has 5 heteroatoms. The predicted octanol–water partition coefficient (Wildman–Crippen LogP) is 1.90. The van der Waals surface area contributed by atoms with Crippen LogP contribution in [0.3, 0.4) is 0 Å². The second kappa shape index (κ2) is 6.18. The van der Waals surface area contributed by atoms with Gasteiger partial charge < -0.3 is 14.8 Å². The minimum absolute atomic E-state index is 0.0500. The molecule has 0 aromatic rings. The Balaban J connectivity index is 2.51. The topological polar surface area (TPSA) is 64.6 Å². The number of methoxy groups -OCH3 is 1. The number of ether oxygens (including phenoxy) is 2. The summed E-state index contributed by atoms with van der Waals surface area (Å²) >= 11 is 0. The number of carbonyl (C=O) groups excluding carboxylic acids is 2. The van der Waals surface area contributed by atoms with Crippen molar-refractivity contribution < 1.29 is 19.1 Å². The van der Waals surface area contributed by atoms with E-state index in [0.717, 1.165) is 19.3 Å². The highest BCUT2D eigenvalue weighted by Crippen LogP contribution is 2.28. The lowest BCUT2D eigenvalue weighted by atomic mass is 9.80. The zero-order chi connectivity index (χ0) is 13.8. The molecule has 0 saturated heterocycles. The molecule has 1 atom stereocenters. The number of nitrogens with one attached hydrogen (secondary N) is 1. The zero-order valence-corrected chi connectivity index (χ0v) is 11.6. The van der Waals surface area contributed by atoms with Crippen LogP contribution >= 0.6 is 0 Å². The summed E-state index contributed by atoms with van der Waals surface area (Å²) in [6, 6.07) is -0.602. The molecule has 5 nitrogen and oxygen atoms in total. The second-order valence-corrected chi connectivity index (χ2v) is 5.68. The van der Waals surface area contributed by atoms with Gasteiger partial charge in [-0.15, -0.1) is 0 Å². The van der Waals surface area contributed by atoms with Gasteiger partial charge in [0, 0.05) is 13.0 Å². The number of ketones is 1. The van der Waals surface area contributed by atoms with Gasteiger partial charge in [-0.25, -0.2) is 4.79 Å². The maximum absolute atomic E-state index is 12.1. The van der Waals surface area contributed by atoms with Crippen LogP contribution in [0.4, 0.5) is 4.79 Å². The molecule has 1 fully saturated rings. The predicted molar refractivity (Wildman–Crippen MR) is 67.4 cm³/mol. The van der Waals surface area contributed by atoms with Gasteiger partial charge >= 0.3 is 6.09 Å². The van der Waals surface area contributed by atoms with Gasteiger partial charge in [0.05, 0.1) is 6.61 Å². The Morgan fingerprint density at radius 2 is 1.94 bits per heavy atom. The molecular formula is C13H23NO4. The largest absolute Gasteiger partial charge is 0.444 e. The van der Waals surface area contributed by atoms with Gasteiger partial charge in [0.2, 0.25) is 0 Å². The van der Waals surface area contributed by atoms with Crippen LogP contribution in [0.5, 0.6) is 0 Å². The second-order valence-electron chi connectivity index (χ2n) is 5.68. The summed E-state index contributed by atoms with van der Waals surface area (Å²) < 4.78 is 10.1. The maximum Gasteiger partial charge on any atom is 0.408 e. The first-order valence-electron chi connectivity index (χ1n) is 6.35. The molecule has 1 N–H and O–H groups in total. The van der Waals surface area contributed by atoms with E-state index in [-0.39, 0.29) is 18.3 Å². The summed E-state index contributed by atoms with van der Waals surface area (Å²) in [7, 11) is 1.51. The van der Waals surface area contributed by atoms with Crippen molar-refractivity contribution in [1.82, 2.24) is 5.32 Å². The Hall–Kier alpha value is -1.10. The van der Waals surface area contributed by atoms with Gasteiger partial charge in [0.1, 0.15) is 11.6 Å². The molecule has 0 radical (unpaired) electrons. The molecule has 18 heavy (non-hydrogen) atoms. The lowest BCUT2D eigenvalue weighted by Crippen LogP contribution is -2.49. The van der Waals surface area contributed by atoms with Crippen LogP contribution in [-0.2, 0) is 14.3 Å². The Morgan fingerprint density at radius 1 is 1.33 bits per heavy atom. The number of alkyl carbamates (subject to hydrolysis) is 1. The Bertz CT molecular complexity index is 305. The summed E-state index contributed by atoms with van der Waals surface area (Å²) in [5.74, 6) is 0.119.